The predicted octanol–water partition coefficient (Wildman–Crippen LogP) is 3.55. The zero-order valence-electron chi connectivity index (χ0n) is 14.1. The highest BCUT2D eigenvalue weighted by Crippen LogP contribution is 2.24. The Morgan fingerprint density at radius 3 is 2.74 bits per heavy atom. The first kappa shape index (κ1) is 19.3. The van der Waals surface area contributed by atoms with E-state index in [0.29, 0.717) is 28.9 Å². The fraction of sp³-hybridized carbons (Fsp3) is 0.167. The number of hydrogen-bond donors (Lipinski definition) is 1. The number of fused-ring (bicyclic) bond motifs is 1. The van der Waals surface area contributed by atoms with E-state index < -0.39 is 17.2 Å². The van der Waals surface area contributed by atoms with Crippen molar-refractivity contribution in [2.75, 3.05) is 12.3 Å². The van der Waals surface area contributed by atoms with Crippen molar-refractivity contribution >= 4 is 40.2 Å². The summed E-state index contributed by atoms with van der Waals surface area (Å²) in [6, 6.07) is 7.61. The van der Waals surface area contributed by atoms with Crippen LogP contribution in [-0.2, 0) is 4.79 Å². The lowest BCUT2D eigenvalue weighted by atomic mass is 10.2. The first-order valence-corrected chi connectivity index (χ1v) is 9.28. The molecule has 0 radical (unpaired) electrons. The van der Waals surface area contributed by atoms with Crippen LogP contribution in [0.3, 0.4) is 0 Å². The van der Waals surface area contributed by atoms with Gasteiger partial charge in [0.15, 0.2) is 5.16 Å². The first-order chi connectivity index (χ1) is 12.9. The molecule has 1 heterocycles. The van der Waals surface area contributed by atoms with Crippen LogP contribution < -0.4 is 10.9 Å². The number of nitrogens with one attached hydrogen (secondary N) is 1. The number of rotatable bonds is 5. The molecule has 27 heavy (non-hydrogen) atoms. The molecule has 1 aromatic heterocycles. The highest BCUT2D eigenvalue weighted by atomic mass is 35.5. The van der Waals surface area contributed by atoms with Gasteiger partial charge < -0.3 is 5.32 Å². The lowest BCUT2D eigenvalue weighted by Crippen LogP contribution is -2.25. The number of amides is 1. The molecule has 5 nitrogen and oxygen atoms in total. The number of halogens is 3. The zero-order valence-corrected chi connectivity index (χ0v) is 15.7. The van der Waals surface area contributed by atoms with Gasteiger partial charge in [0.2, 0.25) is 5.91 Å². The Hall–Kier alpha value is -2.45. The summed E-state index contributed by atoms with van der Waals surface area (Å²) in [5.74, 6) is -1.41. The summed E-state index contributed by atoms with van der Waals surface area (Å²) >= 11 is 7.14. The number of thioether (sulfide) groups is 1. The van der Waals surface area contributed by atoms with Gasteiger partial charge in [-0.3, -0.25) is 14.2 Å². The molecule has 2 aromatic carbocycles. The minimum absolute atomic E-state index is 0.113. The topological polar surface area (TPSA) is 64.0 Å². The van der Waals surface area contributed by atoms with Crippen LogP contribution in [0.2, 0.25) is 5.02 Å². The first-order valence-electron chi connectivity index (χ1n) is 7.92. The minimum Gasteiger partial charge on any atom is -0.356 e. The third kappa shape index (κ3) is 4.28. The molecule has 0 bridgehead atoms. The van der Waals surface area contributed by atoms with Crippen molar-refractivity contribution in [1.82, 2.24) is 14.9 Å². The average molecular weight is 410 g/mol. The van der Waals surface area contributed by atoms with Gasteiger partial charge in [0, 0.05) is 30.3 Å². The highest BCUT2D eigenvalue weighted by Gasteiger charge is 2.17. The van der Waals surface area contributed by atoms with Crippen LogP contribution in [0.15, 0.2) is 46.3 Å². The maximum atomic E-state index is 14.3. The van der Waals surface area contributed by atoms with Gasteiger partial charge in [-0.2, -0.15) is 0 Å². The van der Waals surface area contributed by atoms with E-state index in [1.54, 1.807) is 12.1 Å². The van der Waals surface area contributed by atoms with Crippen LogP contribution >= 0.6 is 23.4 Å². The Labute approximate surface area is 162 Å². The summed E-state index contributed by atoms with van der Waals surface area (Å²) in [4.78, 5) is 28.4. The lowest BCUT2D eigenvalue weighted by Gasteiger charge is -2.14. The molecule has 1 N–H and O–H groups in total. The lowest BCUT2D eigenvalue weighted by molar-refractivity contribution is -0.118. The van der Waals surface area contributed by atoms with Crippen LogP contribution in [0.25, 0.3) is 16.6 Å². The third-order valence-electron chi connectivity index (χ3n) is 3.66. The Morgan fingerprint density at radius 2 is 2.04 bits per heavy atom. The molecule has 9 heteroatoms. The zero-order chi connectivity index (χ0) is 19.6. The molecule has 0 spiro atoms. The van der Waals surface area contributed by atoms with Crippen LogP contribution in [0.4, 0.5) is 8.78 Å². The molecule has 1 amide bonds. The van der Waals surface area contributed by atoms with E-state index in [9.17, 15) is 18.4 Å². The second-order valence-corrected chi connectivity index (χ2v) is 7.12. The second kappa shape index (κ2) is 8.06. The van der Waals surface area contributed by atoms with Crippen LogP contribution in [0, 0.1) is 11.6 Å². The molecule has 0 fully saturated rings. The number of aromatic nitrogens is 2. The minimum atomic E-state index is -0.885. The highest BCUT2D eigenvalue weighted by molar-refractivity contribution is 7.99. The molecular formula is C18H14ClF2N3O2S. The van der Waals surface area contributed by atoms with Gasteiger partial charge in [-0.25, -0.2) is 13.8 Å². The number of nitrogens with zero attached hydrogens (tertiary/aromatic N) is 2. The van der Waals surface area contributed by atoms with Gasteiger partial charge in [0.05, 0.1) is 16.6 Å². The summed E-state index contributed by atoms with van der Waals surface area (Å²) in [6.07, 6.45) is 0. The summed E-state index contributed by atoms with van der Waals surface area (Å²) in [6.45, 7) is 1.74. The molecule has 0 atom stereocenters. The largest absolute Gasteiger partial charge is 0.356 e. The molecule has 0 aliphatic rings. The van der Waals surface area contributed by atoms with Crippen molar-refractivity contribution in [2.24, 2.45) is 0 Å². The van der Waals surface area contributed by atoms with Gasteiger partial charge in [0.1, 0.15) is 11.6 Å². The van der Waals surface area contributed by atoms with Crippen LogP contribution in [-0.4, -0.2) is 27.8 Å². The summed E-state index contributed by atoms with van der Waals surface area (Å²) < 4.78 is 28.7. The fourth-order valence-corrected chi connectivity index (χ4v) is 3.51. The standard InChI is InChI=1S/C18H14ClF2N3O2S/c1-10(25)22-6-7-27-18-23-15-4-2-11(19)8-13(15)17(26)24(18)16-5-3-12(20)9-14(16)21/h2-5,8-9H,6-7H2,1H3,(H,22,25). The monoisotopic (exact) mass is 409 g/mol. The fourth-order valence-electron chi connectivity index (χ4n) is 2.48. The Balaban J connectivity index is 2.15. The SMILES string of the molecule is CC(=O)NCCSc1nc2ccc(Cl)cc2c(=O)n1-c1ccc(F)cc1F. The molecular weight excluding hydrogens is 396 g/mol. The Bertz CT molecular complexity index is 1090. The summed E-state index contributed by atoms with van der Waals surface area (Å²) in [7, 11) is 0. The molecule has 0 unspecified atom stereocenters. The van der Waals surface area contributed by atoms with E-state index in [1.807, 2.05) is 0 Å². The Morgan fingerprint density at radius 1 is 1.26 bits per heavy atom. The quantitative estimate of drug-likeness (QED) is 0.397. The molecule has 140 valence electrons. The van der Waals surface area contributed by atoms with Crippen molar-refractivity contribution < 1.29 is 13.6 Å². The van der Waals surface area contributed by atoms with E-state index in [1.165, 1.54) is 30.8 Å². The van der Waals surface area contributed by atoms with Gasteiger partial charge >= 0.3 is 0 Å². The summed E-state index contributed by atoms with van der Waals surface area (Å²) in [5, 5.41) is 3.43. The van der Waals surface area contributed by atoms with Crippen molar-refractivity contribution in [2.45, 2.75) is 12.1 Å². The molecule has 3 rings (SSSR count). The molecule has 0 saturated carbocycles. The third-order valence-corrected chi connectivity index (χ3v) is 4.83. The maximum Gasteiger partial charge on any atom is 0.266 e. The smallest absolute Gasteiger partial charge is 0.266 e. The van der Waals surface area contributed by atoms with E-state index in [2.05, 4.69) is 10.3 Å². The normalized spacial score (nSPS) is 11.0. The van der Waals surface area contributed by atoms with E-state index in [0.717, 1.165) is 10.6 Å². The van der Waals surface area contributed by atoms with Crippen LogP contribution in [0.1, 0.15) is 6.92 Å². The van der Waals surface area contributed by atoms with Gasteiger partial charge in [0.25, 0.3) is 5.56 Å². The van der Waals surface area contributed by atoms with E-state index in [4.69, 9.17) is 11.6 Å². The van der Waals surface area contributed by atoms with Crippen LogP contribution in [0.5, 0.6) is 0 Å². The molecule has 0 aliphatic heterocycles. The predicted molar refractivity (Wildman–Crippen MR) is 102 cm³/mol. The van der Waals surface area contributed by atoms with E-state index in [-0.39, 0.29) is 22.1 Å². The van der Waals surface area contributed by atoms with Gasteiger partial charge in [-0.05, 0) is 30.3 Å². The average Bonchev–Trinajstić information content (AvgIpc) is 2.60. The number of carbonyl (C=O) groups excluding carboxylic acids is 1. The number of hydrogen-bond acceptors (Lipinski definition) is 4. The second-order valence-electron chi connectivity index (χ2n) is 5.62. The van der Waals surface area contributed by atoms with Crippen molar-refractivity contribution in [3.8, 4) is 5.69 Å². The number of benzene rings is 2. The van der Waals surface area contributed by atoms with Crippen molar-refractivity contribution in [1.29, 1.82) is 0 Å². The number of carbonyl (C=O) groups is 1. The van der Waals surface area contributed by atoms with Crippen molar-refractivity contribution in [3.63, 3.8) is 0 Å². The van der Waals surface area contributed by atoms with E-state index >= 15 is 0 Å². The Kier molecular flexibility index (Phi) is 5.76. The summed E-state index contributed by atoms with van der Waals surface area (Å²) in [5.41, 5.74) is -0.224. The molecule has 0 aliphatic carbocycles. The maximum absolute atomic E-state index is 14.3. The van der Waals surface area contributed by atoms with Crippen molar-refractivity contribution in [3.05, 3.63) is 63.4 Å². The van der Waals surface area contributed by atoms with Gasteiger partial charge in [-0.15, -0.1) is 0 Å². The molecule has 0 saturated heterocycles. The molecule has 3 aromatic rings. The van der Waals surface area contributed by atoms with Gasteiger partial charge in [-0.1, -0.05) is 23.4 Å².